The Kier molecular flexibility index (Phi) is 9.25. The predicted molar refractivity (Wildman–Crippen MR) is 99.4 cm³/mol. The average Bonchev–Trinajstić information content (AvgIpc) is 2.62. The van der Waals surface area contributed by atoms with Gasteiger partial charge in [0.15, 0.2) is 0 Å². The highest BCUT2D eigenvalue weighted by Gasteiger charge is 2.36. The molecule has 1 aromatic carbocycles. The number of carbonyl (C=O) groups is 2. The summed E-state index contributed by atoms with van der Waals surface area (Å²) in [5.74, 6) is -2.72. The molecule has 4 heteroatoms. The highest BCUT2D eigenvalue weighted by atomic mass is 16.5. The van der Waals surface area contributed by atoms with Gasteiger partial charge < -0.3 is 9.84 Å². The molecule has 0 spiro atoms. The summed E-state index contributed by atoms with van der Waals surface area (Å²) in [4.78, 5) is 24.2. The Hall–Kier alpha value is -1.84. The van der Waals surface area contributed by atoms with Crippen molar-refractivity contribution < 1.29 is 19.4 Å². The molecule has 0 aromatic heterocycles. The van der Waals surface area contributed by atoms with Crippen molar-refractivity contribution in [1.29, 1.82) is 0 Å². The summed E-state index contributed by atoms with van der Waals surface area (Å²) in [6.45, 7) is 8.10. The minimum absolute atomic E-state index is 0.212. The quantitative estimate of drug-likeness (QED) is 0.579. The Morgan fingerprint density at radius 1 is 1.12 bits per heavy atom. The molecule has 4 unspecified atom stereocenters. The van der Waals surface area contributed by atoms with E-state index >= 15 is 0 Å². The predicted octanol–water partition coefficient (Wildman–Crippen LogP) is 4.89. The van der Waals surface area contributed by atoms with E-state index in [2.05, 4.69) is 13.8 Å². The minimum atomic E-state index is -0.970. The molecule has 0 fully saturated rings. The molecule has 1 N–H and O–H groups in total. The zero-order valence-corrected chi connectivity index (χ0v) is 15.9. The van der Waals surface area contributed by atoms with Crippen LogP contribution in [0.5, 0.6) is 0 Å². The van der Waals surface area contributed by atoms with Gasteiger partial charge in [-0.05, 0) is 23.8 Å². The van der Waals surface area contributed by atoms with E-state index in [1.165, 1.54) is 0 Å². The van der Waals surface area contributed by atoms with Crippen LogP contribution in [0.25, 0.3) is 0 Å². The Balaban J connectivity index is 2.85. The lowest BCUT2D eigenvalue weighted by Crippen LogP contribution is -2.34. The molecule has 0 saturated heterocycles. The number of ether oxygens (including phenoxy) is 1. The maximum Gasteiger partial charge on any atom is 0.310 e. The highest BCUT2D eigenvalue weighted by molar-refractivity contribution is 5.81. The summed E-state index contributed by atoms with van der Waals surface area (Å²) >= 11 is 0. The monoisotopic (exact) mass is 348 g/mol. The van der Waals surface area contributed by atoms with Crippen LogP contribution in [0.4, 0.5) is 0 Å². The van der Waals surface area contributed by atoms with Crippen LogP contribution in [0.2, 0.25) is 0 Å². The third-order valence-electron chi connectivity index (χ3n) is 5.07. The Morgan fingerprint density at radius 2 is 1.76 bits per heavy atom. The zero-order chi connectivity index (χ0) is 18.8. The fourth-order valence-corrected chi connectivity index (χ4v) is 3.15. The molecule has 1 rings (SSSR count). The summed E-state index contributed by atoms with van der Waals surface area (Å²) < 4.78 is 5.57. The van der Waals surface area contributed by atoms with E-state index in [9.17, 15) is 14.7 Å². The lowest BCUT2D eigenvalue weighted by Gasteiger charge is -2.27. The van der Waals surface area contributed by atoms with Gasteiger partial charge in [0.25, 0.3) is 0 Å². The molecule has 0 bridgehead atoms. The largest absolute Gasteiger partial charge is 0.481 e. The van der Waals surface area contributed by atoms with E-state index in [1.54, 1.807) is 6.92 Å². The van der Waals surface area contributed by atoms with Crippen molar-refractivity contribution in [2.45, 2.75) is 59.3 Å². The molecule has 0 aliphatic carbocycles. The lowest BCUT2D eigenvalue weighted by atomic mass is 9.79. The molecule has 4 nitrogen and oxygen atoms in total. The summed E-state index contributed by atoms with van der Waals surface area (Å²) in [5, 5.41) is 9.43. The van der Waals surface area contributed by atoms with Gasteiger partial charge in [0, 0.05) is 0 Å². The van der Waals surface area contributed by atoms with Gasteiger partial charge in [0.2, 0.25) is 0 Å². The Morgan fingerprint density at radius 3 is 2.28 bits per heavy atom. The first-order chi connectivity index (χ1) is 11.9. The SMILES string of the molecule is CCCCC(CC)COC(=O)C(C(C)C(=O)O)C(C)c1ccccc1. The van der Waals surface area contributed by atoms with E-state index in [-0.39, 0.29) is 5.92 Å². The van der Waals surface area contributed by atoms with E-state index < -0.39 is 23.8 Å². The van der Waals surface area contributed by atoms with Crippen molar-refractivity contribution in [1.82, 2.24) is 0 Å². The molecule has 0 radical (unpaired) electrons. The topological polar surface area (TPSA) is 63.6 Å². The van der Waals surface area contributed by atoms with Crippen LogP contribution < -0.4 is 0 Å². The molecule has 1 aromatic rings. The minimum Gasteiger partial charge on any atom is -0.481 e. The van der Waals surface area contributed by atoms with Gasteiger partial charge in [-0.3, -0.25) is 9.59 Å². The second kappa shape index (κ2) is 10.9. The zero-order valence-electron chi connectivity index (χ0n) is 15.9. The molecule has 140 valence electrons. The van der Waals surface area contributed by atoms with Crippen molar-refractivity contribution in [2.24, 2.45) is 17.8 Å². The van der Waals surface area contributed by atoms with Crippen molar-refractivity contribution in [3.8, 4) is 0 Å². The number of carboxylic acids is 1. The number of hydrogen-bond donors (Lipinski definition) is 1. The Bertz CT molecular complexity index is 526. The van der Waals surface area contributed by atoms with Gasteiger partial charge in [0.05, 0.1) is 18.4 Å². The van der Waals surface area contributed by atoms with Gasteiger partial charge in [-0.1, -0.05) is 77.3 Å². The second-order valence-electron chi connectivity index (χ2n) is 6.90. The molecule has 25 heavy (non-hydrogen) atoms. The molecule has 0 amide bonds. The molecule has 0 saturated carbocycles. The van der Waals surface area contributed by atoms with Gasteiger partial charge in [-0.15, -0.1) is 0 Å². The molecular weight excluding hydrogens is 316 g/mol. The molecular formula is C21H32O4. The third-order valence-corrected chi connectivity index (χ3v) is 5.07. The first kappa shape index (κ1) is 21.2. The highest BCUT2D eigenvalue weighted by Crippen LogP contribution is 2.31. The van der Waals surface area contributed by atoms with Crippen LogP contribution in [-0.2, 0) is 14.3 Å². The van der Waals surface area contributed by atoms with E-state index in [1.807, 2.05) is 37.3 Å². The second-order valence-corrected chi connectivity index (χ2v) is 6.90. The van der Waals surface area contributed by atoms with Crippen LogP contribution in [0, 0.1) is 17.8 Å². The number of benzene rings is 1. The van der Waals surface area contributed by atoms with Crippen LogP contribution in [0.3, 0.4) is 0 Å². The van der Waals surface area contributed by atoms with Crippen molar-refractivity contribution in [3.05, 3.63) is 35.9 Å². The summed E-state index contributed by atoms with van der Waals surface area (Å²) in [5.41, 5.74) is 0.954. The number of unbranched alkanes of at least 4 members (excludes halogenated alkanes) is 1. The number of esters is 1. The van der Waals surface area contributed by atoms with Crippen LogP contribution in [0.15, 0.2) is 30.3 Å². The number of carboxylic acid groups (broad SMARTS) is 1. The Labute approximate surface area is 151 Å². The first-order valence-electron chi connectivity index (χ1n) is 9.36. The maximum atomic E-state index is 12.7. The number of aliphatic carboxylic acids is 1. The van der Waals surface area contributed by atoms with E-state index in [0.29, 0.717) is 12.5 Å². The van der Waals surface area contributed by atoms with Crippen molar-refractivity contribution in [3.63, 3.8) is 0 Å². The third kappa shape index (κ3) is 6.52. The van der Waals surface area contributed by atoms with Crippen LogP contribution in [-0.4, -0.2) is 23.7 Å². The molecule has 0 heterocycles. The number of hydrogen-bond acceptors (Lipinski definition) is 3. The van der Waals surface area contributed by atoms with Crippen molar-refractivity contribution >= 4 is 11.9 Å². The standard InChI is InChI=1S/C21H32O4/c1-5-7-11-17(6-2)14-25-21(24)19(16(4)20(22)23)15(3)18-12-9-8-10-13-18/h8-10,12-13,15-17,19H,5-7,11,14H2,1-4H3,(H,22,23). The van der Waals surface area contributed by atoms with Crippen LogP contribution >= 0.6 is 0 Å². The molecule has 0 aliphatic heterocycles. The molecule has 0 aliphatic rings. The van der Waals surface area contributed by atoms with Crippen LogP contribution in [0.1, 0.15) is 64.9 Å². The fourth-order valence-electron chi connectivity index (χ4n) is 3.15. The number of carbonyl (C=O) groups excluding carboxylic acids is 1. The van der Waals surface area contributed by atoms with E-state index in [4.69, 9.17) is 4.74 Å². The van der Waals surface area contributed by atoms with Gasteiger partial charge in [0.1, 0.15) is 0 Å². The summed E-state index contributed by atoms with van der Waals surface area (Å²) in [6, 6.07) is 9.56. The van der Waals surface area contributed by atoms with Gasteiger partial charge >= 0.3 is 11.9 Å². The van der Waals surface area contributed by atoms with Gasteiger partial charge in [-0.2, -0.15) is 0 Å². The van der Waals surface area contributed by atoms with Crippen molar-refractivity contribution in [2.75, 3.05) is 6.61 Å². The maximum absolute atomic E-state index is 12.7. The number of rotatable bonds is 11. The average molecular weight is 348 g/mol. The lowest BCUT2D eigenvalue weighted by molar-refractivity contribution is -0.159. The van der Waals surface area contributed by atoms with Gasteiger partial charge in [-0.25, -0.2) is 0 Å². The summed E-state index contributed by atoms with van der Waals surface area (Å²) in [6.07, 6.45) is 4.23. The normalized spacial score (nSPS) is 15.8. The smallest absolute Gasteiger partial charge is 0.310 e. The fraction of sp³-hybridized carbons (Fsp3) is 0.619. The van der Waals surface area contributed by atoms with E-state index in [0.717, 1.165) is 31.2 Å². The summed E-state index contributed by atoms with van der Waals surface area (Å²) in [7, 11) is 0. The molecule has 4 atom stereocenters. The first-order valence-corrected chi connectivity index (χ1v) is 9.36.